The Hall–Kier alpha value is -2.62. The van der Waals surface area contributed by atoms with Gasteiger partial charge in [-0.15, -0.1) is 0 Å². The molecular weight excluding hydrogens is 266 g/mol. The largest absolute Gasteiger partial charge is 0.481 e. The molecule has 4 heteroatoms. The molecule has 0 radical (unpaired) electrons. The minimum absolute atomic E-state index is 0.0883. The molecule has 1 amide bonds. The van der Waals surface area contributed by atoms with E-state index < -0.39 is 11.9 Å². The monoisotopic (exact) mass is 283 g/mol. The van der Waals surface area contributed by atoms with Crippen LogP contribution in [0.1, 0.15) is 17.0 Å². The van der Waals surface area contributed by atoms with E-state index in [0.29, 0.717) is 5.56 Å². The topological polar surface area (TPSA) is 66.4 Å². The summed E-state index contributed by atoms with van der Waals surface area (Å²) in [6.07, 6.45) is 0.252. The Bertz CT molecular complexity index is 596. The zero-order chi connectivity index (χ0) is 15.1. The Morgan fingerprint density at radius 2 is 1.52 bits per heavy atom. The molecule has 2 rings (SSSR count). The van der Waals surface area contributed by atoms with Gasteiger partial charge in [-0.3, -0.25) is 9.59 Å². The van der Waals surface area contributed by atoms with Crippen molar-refractivity contribution in [2.45, 2.75) is 12.3 Å². The summed E-state index contributed by atoms with van der Waals surface area (Å²) >= 11 is 0. The summed E-state index contributed by atoms with van der Waals surface area (Å²) in [5, 5.41) is 12.0. The van der Waals surface area contributed by atoms with Gasteiger partial charge in [-0.25, -0.2) is 0 Å². The number of benzene rings is 2. The summed E-state index contributed by atoms with van der Waals surface area (Å²) in [5.41, 5.74) is 1.59. The first kappa shape index (κ1) is 14.8. The number of carboxylic acids is 1. The van der Waals surface area contributed by atoms with Crippen molar-refractivity contribution in [1.82, 2.24) is 5.32 Å². The van der Waals surface area contributed by atoms with Crippen LogP contribution in [0, 0.1) is 0 Å². The number of rotatable bonds is 6. The number of amides is 1. The molecule has 0 saturated heterocycles. The van der Waals surface area contributed by atoms with Gasteiger partial charge in [-0.2, -0.15) is 0 Å². The minimum Gasteiger partial charge on any atom is -0.481 e. The standard InChI is InChI=1S/C17H17NO3/c19-16(11-13-7-3-1-4-8-13)18-12-15(17(20)21)14-9-5-2-6-10-14/h1-10,15H,11-12H2,(H,18,19)(H,20,21). The summed E-state index contributed by atoms with van der Waals surface area (Å²) < 4.78 is 0. The molecular formula is C17H17NO3. The molecule has 0 aliphatic carbocycles. The van der Waals surface area contributed by atoms with Gasteiger partial charge in [0.15, 0.2) is 0 Å². The second-order valence-electron chi connectivity index (χ2n) is 4.77. The molecule has 0 aliphatic heterocycles. The van der Waals surface area contributed by atoms with Crippen molar-refractivity contribution in [3.05, 3.63) is 71.8 Å². The molecule has 1 atom stereocenters. The minimum atomic E-state index is -0.943. The second-order valence-corrected chi connectivity index (χ2v) is 4.77. The number of carboxylic acid groups (broad SMARTS) is 1. The van der Waals surface area contributed by atoms with E-state index in [-0.39, 0.29) is 18.9 Å². The Morgan fingerprint density at radius 1 is 0.952 bits per heavy atom. The average molecular weight is 283 g/mol. The van der Waals surface area contributed by atoms with E-state index in [9.17, 15) is 14.7 Å². The average Bonchev–Trinajstić information content (AvgIpc) is 2.49. The number of aliphatic carboxylic acids is 1. The van der Waals surface area contributed by atoms with E-state index in [4.69, 9.17) is 0 Å². The lowest BCUT2D eigenvalue weighted by molar-refractivity contribution is -0.138. The molecule has 0 spiro atoms. The fourth-order valence-electron chi connectivity index (χ4n) is 2.09. The third-order valence-electron chi connectivity index (χ3n) is 3.21. The molecule has 0 bridgehead atoms. The van der Waals surface area contributed by atoms with Crippen LogP contribution in [0.5, 0.6) is 0 Å². The first-order chi connectivity index (χ1) is 10.2. The number of carbonyl (C=O) groups is 2. The third-order valence-corrected chi connectivity index (χ3v) is 3.21. The van der Waals surface area contributed by atoms with Crippen molar-refractivity contribution in [1.29, 1.82) is 0 Å². The Balaban J connectivity index is 1.93. The van der Waals surface area contributed by atoms with Crippen LogP contribution in [0.25, 0.3) is 0 Å². The van der Waals surface area contributed by atoms with Crippen LogP contribution >= 0.6 is 0 Å². The zero-order valence-corrected chi connectivity index (χ0v) is 11.5. The van der Waals surface area contributed by atoms with Crippen molar-refractivity contribution in [3.63, 3.8) is 0 Å². The normalized spacial score (nSPS) is 11.6. The van der Waals surface area contributed by atoms with Crippen molar-refractivity contribution in [2.24, 2.45) is 0 Å². The molecule has 0 aliphatic rings. The van der Waals surface area contributed by atoms with Crippen LogP contribution in [-0.2, 0) is 16.0 Å². The van der Waals surface area contributed by atoms with Gasteiger partial charge in [0.1, 0.15) is 0 Å². The number of carbonyl (C=O) groups excluding carboxylic acids is 1. The molecule has 0 heterocycles. The highest BCUT2D eigenvalue weighted by Crippen LogP contribution is 2.14. The van der Waals surface area contributed by atoms with Crippen molar-refractivity contribution in [2.75, 3.05) is 6.54 Å². The highest BCUT2D eigenvalue weighted by Gasteiger charge is 2.20. The van der Waals surface area contributed by atoms with Crippen LogP contribution in [-0.4, -0.2) is 23.5 Å². The van der Waals surface area contributed by atoms with E-state index in [2.05, 4.69) is 5.32 Å². The van der Waals surface area contributed by atoms with Crippen LogP contribution < -0.4 is 5.32 Å². The van der Waals surface area contributed by atoms with E-state index in [1.807, 2.05) is 36.4 Å². The van der Waals surface area contributed by atoms with Crippen LogP contribution in [0.2, 0.25) is 0 Å². The maximum Gasteiger partial charge on any atom is 0.312 e. The molecule has 4 nitrogen and oxygen atoms in total. The summed E-state index contributed by atoms with van der Waals surface area (Å²) in [4.78, 5) is 23.2. The van der Waals surface area contributed by atoms with Gasteiger partial charge in [-0.05, 0) is 11.1 Å². The van der Waals surface area contributed by atoms with E-state index >= 15 is 0 Å². The second kappa shape index (κ2) is 7.24. The predicted octanol–water partition coefficient (Wildman–Crippen LogP) is 2.21. The Morgan fingerprint density at radius 3 is 2.10 bits per heavy atom. The van der Waals surface area contributed by atoms with Crippen LogP contribution in [0.4, 0.5) is 0 Å². The van der Waals surface area contributed by atoms with Crippen LogP contribution in [0.3, 0.4) is 0 Å². The molecule has 108 valence electrons. The van der Waals surface area contributed by atoms with Gasteiger partial charge >= 0.3 is 5.97 Å². The Kier molecular flexibility index (Phi) is 5.10. The molecule has 0 saturated carbocycles. The van der Waals surface area contributed by atoms with Gasteiger partial charge in [0.25, 0.3) is 0 Å². The van der Waals surface area contributed by atoms with E-state index in [0.717, 1.165) is 5.56 Å². The lowest BCUT2D eigenvalue weighted by Gasteiger charge is -2.13. The van der Waals surface area contributed by atoms with E-state index in [1.54, 1.807) is 24.3 Å². The van der Waals surface area contributed by atoms with Gasteiger partial charge in [0.05, 0.1) is 12.3 Å². The van der Waals surface area contributed by atoms with Gasteiger partial charge in [0.2, 0.25) is 5.91 Å². The smallest absolute Gasteiger partial charge is 0.312 e. The first-order valence-corrected chi connectivity index (χ1v) is 6.75. The van der Waals surface area contributed by atoms with Gasteiger partial charge < -0.3 is 10.4 Å². The maximum atomic E-state index is 11.9. The summed E-state index contributed by atoms with van der Waals surface area (Å²) in [7, 11) is 0. The lowest BCUT2D eigenvalue weighted by atomic mass is 9.99. The third kappa shape index (κ3) is 4.45. The fourth-order valence-corrected chi connectivity index (χ4v) is 2.09. The molecule has 0 aromatic heterocycles. The summed E-state index contributed by atoms with van der Waals surface area (Å²) in [6.45, 7) is 0.0883. The van der Waals surface area contributed by atoms with E-state index in [1.165, 1.54) is 0 Å². The van der Waals surface area contributed by atoms with Crippen molar-refractivity contribution in [3.8, 4) is 0 Å². The Labute approximate surface area is 123 Å². The van der Waals surface area contributed by atoms with Crippen molar-refractivity contribution < 1.29 is 14.7 Å². The summed E-state index contributed by atoms with van der Waals surface area (Å²) in [6, 6.07) is 18.3. The maximum absolute atomic E-state index is 11.9. The van der Waals surface area contributed by atoms with Crippen molar-refractivity contribution >= 4 is 11.9 Å². The highest BCUT2D eigenvalue weighted by molar-refractivity contribution is 5.81. The van der Waals surface area contributed by atoms with Crippen LogP contribution in [0.15, 0.2) is 60.7 Å². The lowest BCUT2D eigenvalue weighted by Crippen LogP contribution is -2.32. The molecule has 2 aromatic rings. The number of hydrogen-bond donors (Lipinski definition) is 2. The molecule has 21 heavy (non-hydrogen) atoms. The number of hydrogen-bond acceptors (Lipinski definition) is 2. The predicted molar refractivity (Wildman–Crippen MR) is 80.0 cm³/mol. The first-order valence-electron chi connectivity index (χ1n) is 6.75. The number of nitrogens with one attached hydrogen (secondary N) is 1. The molecule has 1 unspecified atom stereocenters. The summed E-state index contributed by atoms with van der Waals surface area (Å²) in [5.74, 6) is -1.85. The quantitative estimate of drug-likeness (QED) is 0.854. The highest BCUT2D eigenvalue weighted by atomic mass is 16.4. The van der Waals surface area contributed by atoms with Gasteiger partial charge in [0, 0.05) is 6.54 Å². The fraction of sp³-hybridized carbons (Fsp3) is 0.176. The molecule has 2 N–H and O–H groups in total. The molecule has 2 aromatic carbocycles. The van der Waals surface area contributed by atoms with Gasteiger partial charge in [-0.1, -0.05) is 60.7 Å². The SMILES string of the molecule is O=C(Cc1ccccc1)NCC(C(=O)O)c1ccccc1. The molecule has 0 fully saturated rings. The zero-order valence-electron chi connectivity index (χ0n) is 11.5.